The van der Waals surface area contributed by atoms with Crippen LogP contribution in [0.3, 0.4) is 0 Å². The Bertz CT molecular complexity index is 423. The van der Waals surface area contributed by atoms with Gasteiger partial charge in [-0.15, -0.1) is 0 Å². The molecule has 0 radical (unpaired) electrons. The van der Waals surface area contributed by atoms with Crippen molar-refractivity contribution in [3.8, 4) is 0 Å². The minimum Gasteiger partial charge on any atom is -0.394 e. The van der Waals surface area contributed by atoms with Gasteiger partial charge in [0, 0.05) is 7.05 Å². The molecular formula is C17H27NO2. The largest absolute Gasteiger partial charge is 0.394 e. The molecule has 112 valence electrons. The predicted octanol–water partition coefficient (Wildman–Crippen LogP) is 2.80. The van der Waals surface area contributed by atoms with Crippen LogP contribution in [0.15, 0.2) is 24.3 Å². The summed E-state index contributed by atoms with van der Waals surface area (Å²) in [5.74, 6) is 0.0327. The third-order valence-corrected chi connectivity index (χ3v) is 3.87. The summed E-state index contributed by atoms with van der Waals surface area (Å²) in [4.78, 5) is 13.8. The summed E-state index contributed by atoms with van der Waals surface area (Å²) < 4.78 is 0. The van der Waals surface area contributed by atoms with E-state index < -0.39 is 5.54 Å². The second kappa shape index (κ2) is 7.44. The molecule has 3 heteroatoms. The number of carbonyl (C=O) groups excluding carboxylic acids is 1. The van der Waals surface area contributed by atoms with E-state index in [9.17, 15) is 9.90 Å². The summed E-state index contributed by atoms with van der Waals surface area (Å²) in [5.41, 5.74) is 1.83. The lowest BCUT2D eigenvalue weighted by Gasteiger charge is -2.34. The van der Waals surface area contributed by atoms with E-state index in [2.05, 4.69) is 19.1 Å². The maximum absolute atomic E-state index is 12.2. The van der Waals surface area contributed by atoms with Crippen molar-refractivity contribution in [3.05, 3.63) is 35.4 Å². The van der Waals surface area contributed by atoms with Gasteiger partial charge in [0.1, 0.15) is 0 Å². The molecule has 1 rings (SSSR count). The Morgan fingerprint density at radius 1 is 1.20 bits per heavy atom. The molecule has 0 saturated carbocycles. The van der Waals surface area contributed by atoms with Gasteiger partial charge >= 0.3 is 0 Å². The molecule has 0 unspecified atom stereocenters. The quantitative estimate of drug-likeness (QED) is 0.832. The van der Waals surface area contributed by atoms with Crippen LogP contribution in [0, 0.1) is 0 Å². The summed E-state index contributed by atoms with van der Waals surface area (Å²) >= 11 is 0. The van der Waals surface area contributed by atoms with Gasteiger partial charge in [-0.25, -0.2) is 0 Å². The topological polar surface area (TPSA) is 40.5 Å². The molecule has 1 amide bonds. The number of unbranched alkanes of at least 4 members (excludes halogenated alkanes) is 1. The van der Waals surface area contributed by atoms with Crippen LogP contribution in [0.4, 0.5) is 0 Å². The number of rotatable bonds is 7. The highest BCUT2D eigenvalue weighted by atomic mass is 16.3. The number of aliphatic hydroxyl groups is 1. The molecule has 0 atom stereocenters. The normalized spacial score (nSPS) is 11.4. The second-order valence-corrected chi connectivity index (χ2v) is 6.02. The lowest BCUT2D eigenvalue weighted by Crippen LogP contribution is -2.48. The summed E-state index contributed by atoms with van der Waals surface area (Å²) in [5, 5.41) is 9.30. The monoisotopic (exact) mass is 277 g/mol. The predicted molar refractivity (Wildman–Crippen MR) is 82.7 cm³/mol. The lowest BCUT2D eigenvalue weighted by molar-refractivity contribution is -0.135. The number of benzene rings is 1. The van der Waals surface area contributed by atoms with Gasteiger partial charge in [0.15, 0.2) is 0 Å². The van der Waals surface area contributed by atoms with Gasteiger partial charge in [-0.1, -0.05) is 37.6 Å². The fourth-order valence-corrected chi connectivity index (χ4v) is 1.94. The average Bonchev–Trinajstić information content (AvgIpc) is 2.45. The highest BCUT2D eigenvalue weighted by Crippen LogP contribution is 2.14. The molecular weight excluding hydrogens is 250 g/mol. The third kappa shape index (κ3) is 4.64. The van der Waals surface area contributed by atoms with Crippen LogP contribution in [0.2, 0.25) is 0 Å². The van der Waals surface area contributed by atoms with Crippen LogP contribution >= 0.6 is 0 Å². The fourth-order valence-electron chi connectivity index (χ4n) is 1.94. The molecule has 0 aliphatic heterocycles. The van der Waals surface area contributed by atoms with Gasteiger partial charge in [0.05, 0.1) is 18.6 Å². The van der Waals surface area contributed by atoms with Crippen molar-refractivity contribution in [2.45, 2.75) is 52.0 Å². The third-order valence-electron chi connectivity index (χ3n) is 3.87. The number of hydrogen-bond donors (Lipinski definition) is 1. The van der Waals surface area contributed by atoms with Crippen molar-refractivity contribution in [1.82, 2.24) is 4.90 Å². The van der Waals surface area contributed by atoms with Crippen LogP contribution in [0.25, 0.3) is 0 Å². The lowest BCUT2D eigenvalue weighted by atomic mass is 10.0. The van der Waals surface area contributed by atoms with Crippen LogP contribution < -0.4 is 0 Å². The molecule has 3 nitrogen and oxygen atoms in total. The number of aryl methyl sites for hydroxylation is 1. The second-order valence-electron chi connectivity index (χ2n) is 6.02. The number of hydrogen-bond acceptors (Lipinski definition) is 2. The van der Waals surface area contributed by atoms with E-state index in [0.717, 1.165) is 12.0 Å². The Labute approximate surface area is 122 Å². The Hall–Kier alpha value is -1.35. The number of amides is 1. The smallest absolute Gasteiger partial charge is 0.227 e. The van der Waals surface area contributed by atoms with E-state index in [4.69, 9.17) is 0 Å². The zero-order chi connectivity index (χ0) is 15.2. The van der Waals surface area contributed by atoms with Crippen molar-refractivity contribution in [2.24, 2.45) is 0 Å². The van der Waals surface area contributed by atoms with E-state index in [1.165, 1.54) is 18.4 Å². The SMILES string of the molecule is CCCCc1ccc(CC(=O)N(C)C(C)(C)CO)cc1. The number of carbonyl (C=O) groups is 1. The molecule has 0 saturated heterocycles. The summed E-state index contributed by atoms with van der Waals surface area (Å²) in [6.07, 6.45) is 3.88. The molecule has 1 N–H and O–H groups in total. The molecule has 0 spiro atoms. The van der Waals surface area contributed by atoms with Gasteiger partial charge in [0.25, 0.3) is 0 Å². The minimum atomic E-state index is -0.516. The van der Waals surface area contributed by atoms with E-state index >= 15 is 0 Å². The first-order valence-corrected chi connectivity index (χ1v) is 7.36. The molecule has 0 aromatic heterocycles. The minimum absolute atomic E-state index is 0.0327. The molecule has 0 heterocycles. The van der Waals surface area contributed by atoms with Gasteiger partial charge < -0.3 is 10.0 Å². The van der Waals surface area contributed by atoms with Crippen molar-refractivity contribution >= 4 is 5.91 Å². The Morgan fingerprint density at radius 2 is 1.75 bits per heavy atom. The molecule has 0 aliphatic carbocycles. The van der Waals surface area contributed by atoms with Crippen LogP contribution in [-0.2, 0) is 17.6 Å². The van der Waals surface area contributed by atoms with Crippen molar-refractivity contribution in [2.75, 3.05) is 13.7 Å². The fraction of sp³-hybridized carbons (Fsp3) is 0.588. The summed E-state index contributed by atoms with van der Waals surface area (Å²) in [7, 11) is 1.74. The highest BCUT2D eigenvalue weighted by molar-refractivity contribution is 5.79. The molecule has 0 bridgehead atoms. The van der Waals surface area contributed by atoms with Gasteiger partial charge in [-0.3, -0.25) is 4.79 Å². The number of aliphatic hydroxyl groups excluding tert-OH is 1. The van der Waals surface area contributed by atoms with E-state index in [1.54, 1.807) is 11.9 Å². The first-order chi connectivity index (χ1) is 9.40. The van der Waals surface area contributed by atoms with Gasteiger partial charge in [-0.05, 0) is 37.8 Å². The molecule has 20 heavy (non-hydrogen) atoms. The maximum Gasteiger partial charge on any atom is 0.227 e. The number of likely N-dealkylation sites (N-methyl/N-ethyl adjacent to an activating group) is 1. The van der Waals surface area contributed by atoms with Gasteiger partial charge in [-0.2, -0.15) is 0 Å². The Morgan fingerprint density at radius 3 is 2.25 bits per heavy atom. The first kappa shape index (κ1) is 16.7. The molecule has 0 fully saturated rings. The summed E-state index contributed by atoms with van der Waals surface area (Å²) in [6, 6.07) is 8.27. The first-order valence-electron chi connectivity index (χ1n) is 7.36. The van der Waals surface area contributed by atoms with Crippen molar-refractivity contribution in [3.63, 3.8) is 0 Å². The van der Waals surface area contributed by atoms with E-state index in [0.29, 0.717) is 6.42 Å². The average molecular weight is 277 g/mol. The standard InChI is InChI=1S/C17H27NO2/c1-5-6-7-14-8-10-15(11-9-14)12-16(20)18(4)17(2,3)13-19/h8-11,19H,5-7,12-13H2,1-4H3. The highest BCUT2D eigenvalue weighted by Gasteiger charge is 2.26. The van der Waals surface area contributed by atoms with E-state index in [-0.39, 0.29) is 12.5 Å². The molecule has 1 aromatic carbocycles. The van der Waals surface area contributed by atoms with Crippen LogP contribution in [0.5, 0.6) is 0 Å². The van der Waals surface area contributed by atoms with E-state index in [1.807, 2.05) is 26.0 Å². The van der Waals surface area contributed by atoms with Crippen LogP contribution in [0.1, 0.15) is 44.7 Å². The number of nitrogens with zero attached hydrogens (tertiary/aromatic N) is 1. The Kier molecular flexibility index (Phi) is 6.21. The summed E-state index contributed by atoms with van der Waals surface area (Å²) in [6.45, 7) is 5.87. The van der Waals surface area contributed by atoms with Crippen molar-refractivity contribution in [1.29, 1.82) is 0 Å². The van der Waals surface area contributed by atoms with Crippen LogP contribution in [-0.4, -0.2) is 35.1 Å². The molecule has 0 aliphatic rings. The zero-order valence-corrected chi connectivity index (χ0v) is 13.1. The Balaban J connectivity index is 2.62. The molecule has 1 aromatic rings. The zero-order valence-electron chi connectivity index (χ0n) is 13.1. The maximum atomic E-state index is 12.2. The van der Waals surface area contributed by atoms with Crippen molar-refractivity contribution < 1.29 is 9.90 Å². The van der Waals surface area contributed by atoms with Gasteiger partial charge in [0.2, 0.25) is 5.91 Å².